The normalized spacial score (nSPS) is 13.3. The van der Waals surface area contributed by atoms with Crippen molar-refractivity contribution in [2.75, 3.05) is 6.26 Å². The van der Waals surface area contributed by atoms with Gasteiger partial charge in [-0.2, -0.15) is 11.8 Å². The zero-order valence-electron chi connectivity index (χ0n) is 9.37. The van der Waals surface area contributed by atoms with Gasteiger partial charge in [-0.25, -0.2) is 4.98 Å². The molecule has 2 nitrogen and oxygen atoms in total. The predicted octanol–water partition coefficient (Wildman–Crippen LogP) is 3.17. The largest absolute Gasteiger partial charge is 0.342 e. The fraction of sp³-hybridized carbons (Fsp3) is 0.417. The van der Waals surface area contributed by atoms with E-state index in [1.807, 2.05) is 11.8 Å². The van der Waals surface area contributed by atoms with Gasteiger partial charge in [0.1, 0.15) is 5.82 Å². The number of aromatic amines is 1. The number of fused-ring (bicyclic) bond motifs is 1. The van der Waals surface area contributed by atoms with Gasteiger partial charge in [0.2, 0.25) is 0 Å². The Morgan fingerprint density at radius 3 is 2.93 bits per heavy atom. The molecule has 1 heterocycles. The Kier molecular flexibility index (Phi) is 3.00. The first-order valence-electron chi connectivity index (χ1n) is 5.17. The fourth-order valence-corrected chi connectivity index (χ4v) is 2.00. The predicted molar refractivity (Wildman–Crippen MR) is 67.5 cm³/mol. The van der Waals surface area contributed by atoms with E-state index < -0.39 is 0 Å². The maximum atomic E-state index is 4.63. The van der Waals surface area contributed by atoms with E-state index >= 15 is 0 Å². The van der Waals surface area contributed by atoms with Crippen LogP contribution in [0.5, 0.6) is 0 Å². The average Bonchev–Trinajstić information content (AvgIpc) is 2.62. The zero-order chi connectivity index (χ0) is 10.8. The minimum Gasteiger partial charge on any atom is -0.342 e. The third kappa shape index (κ3) is 2.17. The van der Waals surface area contributed by atoms with Gasteiger partial charge in [-0.3, -0.25) is 0 Å². The number of thioether (sulfide) groups is 1. The lowest BCUT2D eigenvalue weighted by Gasteiger charge is -2.03. The highest BCUT2D eigenvalue weighted by atomic mass is 32.2. The molecule has 1 unspecified atom stereocenters. The molecule has 0 spiro atoms. The Morgan fingerprint density at radius 1 is 1.47 bits per heavy atom. The SMILES string of the molecule is CSC(C)Cc1nc2c(C)cccc2[nH]1. The standard InChI is InChI=1S/C12H16N2S/c1-8-5-4-6-10-12(8)14-11(13-10)7-9(2)15-3/h4-6,9H,7H2,1-3H3,(H,13,14). The van der Waals surface area contributed by atoms with E-state index in [0.29, 0.717) is 5.25 Å². The third-order valence-electron chi connectivity index (χ3n) is 2.65. The lowest BCUT2D eigenvalue weighted by atomic mass is 10.2. The van der Waals surface area contributed by atoms with Crippen LogP contribution in [0.3, 0.4) is 0 Å². The first-order valence-corrected chi connectivity index (χ1v) is 6.46. The number of imidazole rings is 1. The summed E-state index contributed by atoms with van der Waals surface area (Å²) in [5.41, 5.74) is 3.51. The summed E-state index contributed by atoms with van der Waals surface area (Å²) < 4.78 is 0. The Morgan fingerprint density at radius 2 is 2.27 bits per heavy atom. The molecule has 0 bridgehead atoms. The van der Waals surface area contributed by atoms with Crippen molar-refractivity contribution < 1.29 is 0 Å². The molecule has 0 saturated carbocycles. The first-order chi connectivity index (χ1) is 7.20. The van der Waals surface area contributed by atoms with E-state index in [-0.39, 0.29) is 0 Å². The van der Waals surface area contributed by atoms with Crippen molar-refractivity contribution in [3.8, 4) is 0 Å². The molecule has 15 heavy (non-hydrogen) atoms. The molecule has 0 aliphatic carbocycles. The molecule has 3 heteroatoms. The van der Waals surface area contributed by atoms with Crippen molar-refractivity contribution in [3.05, 3.63) is 29.6 Å². The van der Waals surface area contributed by atoms with Gasteiger partial charge in [-0.05, 0) is 24.8 Å². The zero-order valence-corrected chi connectivity index (χ0v) is 10.2. The van der Waals surface area contributed by atoms with Gasteiger partial charge in [0.15, 0.2) is 0 Å². The maximum Gasteiger partial charge on any atom is 0.108 e. The second-order valence-corrected chi connectivity index (χ2v) is 5.18. The minimum atomic E-state index is 0.617. The summed E-state index contributed by atoms with van der Waals surface area (Å²) in [6, 6.07) is 6.26. The van der Waals surface area contributed by atoms with Gasteiger partial charge in [-0.1, -0.05) is 19.1 Å². The fourth-order valence-electron chi connectivity index (χ4n) is 1.68. The molecule has 0 aliphatic rings. The Labute approximate surface area is 94.5 Å². The molecule has 2 rings (SSSR count). The van der Waals surface area contributed by atoms with E-state index in [0.717, 1.165) is 23.3 Å². The van der Waals surface area contributed by atoms with E-state index in [4.69, 9.17) is 0 Å². The number of benzene rings is 1. The van der Waals surface area contributed by atoms with E-state index in [1.165, 1.54) is 5.56 Å². The van der Waals surface area contributed by atoms with Crippen molar-refractivity contribution in [3.63, 3.8) is 0 Å². The summed E-state index contributed by atoms with van der Waals surface area (Å²) in [7, 11) is 0. The molecule has 2 aromatic rings. The molecule has 0 amide bonds. The summed E-state index contributed by atoms with van der Waals surface area (Å²) in [5, 5.41) is 0.617. The van der Waals surface area contributed by atoms with Gasteiger partial charge in [0.05, 0.1) is 11.0 Å². The van der Waals surface area contributed by atoms with E-state index in [2.05, 4.69) is 48.3 Å². The summed E-state index contributed by atoms with van der Waals surface area (Å²) in [5.74, 6) is 1.10. The third-order valence-corrected chi connectivity index (χ3v) is 3.62. The smallest absolute Gasteiger partial charge is 0.108 e. The molecular formula is C12H16N2S. The highest BCUT2D eigenvalue weighted by Crippen LogP contribution is 2.18. The van der Waals surface area contributed by atoms with Gasteiger partial charge in [0, 0.05) is 11.7 Å². The van der Waals surface area contributed by atoms with Crippen LogP contribution in [0.25, 0.3) is 11.0 Å². The van der Waals surface area contributed by atoms with Crippen LogP contribution in [0.2, 0.25) is 0 Å². The van der Waals surface area contributed by atoms with Crippen LogP contribution in [-0.2, 0) is 6.42 Å². The topological polar surface area (TPSA) is 28.7 Å². The van der Waals surface area contributed by atoms with Gasteiger partial charge < -0.3 is 4.98 Å². The van der Waals surface area contributed by atoms with Gasteiger partial charge >= 0.3 is 0 Å². The number of aromatic nitrogens is 2. The van der Waals surface area contributed by atoms with Crippen LogP contribution in [0.15, 0.2) is 18.2 Å². The summed E-state index contributed by atoms with van der Waals surface area (Å²) >= 11 is 1.87. The second kappa shape index (κ2) is 4.27. The lowest BCUT2D eigenvalue weighted by molar-refractivity contribution is 0.880. The van der Waals surface area contributed by atoms with Crippen molar-refractivity contribution >= 4 is 22.8 Å². The minimum absolute atomic E-state index is 0.617. The number of aryl methyl sites for hydroxylation is 1. The molecule has 80 valence electrons. The highest BCUT2D eigenvalue weighted by molar-refractivity contribution is 7.99. The summed E-state index contributed by atoms with van der Waals surface area (Å²) in [4.78, 5) is 8.01. The lowest BCUT2D eigenvalue weighted by Crippen LogP contribution is -2.01. The van der Waals surface area contributed by atoms with Gasteiger partial charge in [-0.15, -0.1) is 0 Å². The monoisotopic (exact) mass is 220 g/mol. The average molecular weight is 220 g/mol. The first kappa shape index (κ1) is 10.6. The van der Waals surface area contributed by atoms with Crippen LogP contribution < -0.4 is 0 Å². The molecule has 0 radical (unpaired) electrons. The Bertz CT molecular complexity index is 462. The molecule has 1 aromatic heterocycles. The Hall–Kier alpha value is -0.960. The van der Waals surface area contributed by atoms with Crippen LogP contribution in [0, 0.1) is 6.92 Å². The number of hydrogen-bond donors (Lipinski definition) is 1. The van der Waals surface area contributed by atoms with E-state index in [1.54, 1.807) is 0 Å². The molecule has 1 aromatic carbocycles. The van der Waals surface area contributed by atoms with Crippen LogP contribution in [0.4, 0.5) is 0 Å². The summed E-state index contributed by atoms with van der Waals surface area (Å²) in [6.45, 7) is 4.33. The van der Waals surface area contributed by atoms with E-state index in [9.17, 15) is 0 Å². The molecule has 0 aliphatic heterocycles. The van der Waals surface area contributed by atoms with Crippen LogP contribution in [-0.4, -0.2) is 21.5 Å². The second-order valence-electron chi connectivity index (χ2n) is 3.91. The van der Waals surface area contributed by atoms with Gasteiger partial charge in [0.25, 0.3) is 0 Å². The van der Waals surface area contributed by atoms with Crippen molar-refractivity contribution in [2.24, 2.45) is 0 Å². The quantitative estimate of drug-likeness (QED) is 0.860. The Balaban J connectivity index is 2.35. The molecule has 0 saturated heterocycles. The number of hydrogen-bond acceptors (Lipinski definition) is 2. The molecule has 0 fully saturated rings. The number of para-hydroxylation sites is 1. The highest BCUT2D eigenvalue weighted by Gasteiger charge is 2.07. The van der Waals surface area contributed by atoms with Crippen molar-refractivity contribution in [1.82, 2.24) is 9.97 Å². The van der Waals surface area contributed by atoms with Crippen LogP contribution in [0.1, 0.15) is 18.3 Å². The number of H-pyrrole nitrogens is 1. The van der Waals surface area contributed by atoms with Crippen molar-refractivity contribution in [1.29, 1.82) is 0 Å². The number of nitrogens with one attached hydrogen (secondary N) is 1. The molecule has 1 atom stereocenters. The molecular weight excluding hydrogens is 204 g/mol. The number of nitrogens with zero attached hydrogens (tertiary/aromatic N) is 1. The number of rotatable bonds is 3. The summed E-state index contributed by atoms with van der Waals surface area (Å²) in [6.07, 6.45) is 3.15. The van der Waals surface area contributed by atoms with Crippen LogP contribution >= 0.6 is 11.8 Å². The maximum absolute atomic E-state index is 4.63. The molecule has 1 N–H and O–H groups in total. The van der Waals surface area contributed by atoms with Crippen molar-refractivity contribution in [2.45, 2.75) is 25.5 Å².